The van der Waals surface area contributed by atoms with Crippen molar-refractivity contribution >= 4 is 5.91 Å². The molecule has 2 aliphatic rings. The van der Waals surface area contributed by atoms with Gasteiger partial charge in [0.05, 0.1) is 12.1 Å². The fourth-order valence-corrected chi connectivity index (χ4v) is 3.29. The molecule has 3 rings (SSSR count). The van der Waals surface area contributed by atoms with Crippen LogP contribution in [0.25, 0.3) is 0 Å². The van der Waals surface area contributed by atoms with Gasteiger partial charge in [0.25, 0.3) is 0 Å². The van der Waals surface area contributed by atoms with Crippen molar-refractivity contribution in [2.45, 2.75) is 44.4 Å². The Hall–Kier alpha value is -1.64. The number of hydrogen-bond acceptors (Lipinski definition) is 5. The summed E-state index contributed by atoms with van der Waals surface area (Å²) in [5.41, 5.74) is 0. The van der Waals surface area contributed by atoms with Crippen LogP contribution < -0.4 is 0 Å². The molecule has 2 fully saturated rings. The molecule has 0 saturated carbocycles. The predicted octanol–water partition coefficient (Wildman–Crippen LogP) is 1.68. The van der Waals surface area contributed by atoms with Crippen LogP contribution in [0, 0.1) is 6.92 Å². The molecular formula is C13H17F3N4O2. The molecule has 0 unspecified atom stereocenters. The highest BCUT2D eigenvalue weighted by molar-refractivity contribution is 5.84. The minimum absolute atomic E-state index is 0.136. The van der Waals surface area contributed by atoms with E-state index in [4.69, 9.17) is 4.52 Å². The average Bonchev–Trinajstić information content (AvgIpc) is 3.10. The van der Waals surface area contributed by atoms with Crippen LogP contribution in [0.3, 0.4) is 0 Å². The summed E-state index contributed by atoms with van der Waals surface area (Å²) < 4.78 is 42.4. The summed E-state index contributed by atoms with van der Waals surface area (Å²) >= 11 is 0. The summed E-state index contributed by atoms with van der Waals surface area (Å²) in [6, 6.07) is -0.675. The van der Waals surface area contributed by atoms with Gasteiger partial charge in [0.2, 0.25) is 11.8 Å². The van der Waals surface area contributed by atoms with E-state index in [0.717, 1.165) is 17.7 Å². The van der Waals surface area contributed by atoms with Crippen molar-refractivity contribution in [2.75, 3.05) is 19.6 Å². The standard InChI is InChI=1S/C13H17F3N4O2/c1-8-17-11(18-22-8)9-3-2-5-20(9)10-4-6-19(12(10)21)7-13(14,15)16/h9-10H,2-7H2,1H3/t9-,10-/m1/s1. The number of likely N-dealkylation sites (tertiary alicyclic amines) is 2. The summed E-state index contributed by atoms with van der Waals surface area (Å²) in [7, 11) is 0. The lowest BCUT2D eigenvalue weighted by molar-refractivity contribution is -0.159. The van der Waals surface area contributed by atoms with E-state index in [0.29, 0.717) is 24.7 Å². The van der Waals surface area contributed by atoms with E-state index in [1.54, 1.807) is 6.92 Å². The molecule has 0 bridgehead atoms. The Morgan fingerprint density at radius 3 is 2.68 bits per heavy atom. The Morgan fingerprint density at radius 2 is 2.05 bits per heavy atom. The van der Waals surface area contributed by atoms with Gasteiger partial charge in [0, 0.05) is 13.5 Å². The molecule has 0 radical (unpaired) electrons. The maximum Gasteiger partial charge on any atom is 0.406 e. The van der Waals surface area contributed by atoms with Gasteiger partial charge in [-0.2, -0.15) is 18.2 Å². The first-order valence-corrected chi connectivity index (χ1v) is 7.26. The van der Waals surface area contributed by atoms with E-state index in [2.05, 4.69) is 10.1 Å². The monoisotopic (exact) mass is 318 g/mol. The number of carbonyl (C=O) groups excluding carboxylic acids is 1. The van der Waals surface area contributed by atoms with E-state index in [1.807, 2.05) is 4.90 Å². The molecule has 2 atom stereocenters. The molecule has 3 heterocycles. The molecule has 0 N–H and O–H groups in total. The van der Waals surface area contributed by atoms with Gasteiger partial charge in [-0.15, -0.1) is 0 Å². The number of hydrogen-bond donors (Lipinski definition) is 0. The second-order valence-corrected chi connectivity index (χ2v) is 5.75. The molecule has 1 aromatic rings. The van der Waals surface area contributed by atoms with E-state index in [9.17, 15) is 18.0 Å². The number of aromatic nitrogens is 2. The zero-order valence-electron chi connectivity index (χ0n) is 12.1. The van der Waals surface area contributed by atoms with Gasteiger partial charge in [-0.05, 0) is 25.8 Å². The third-order valence-corrected chi connectivity index (χ3v) is 4.18. The van der Waals surface area contributed by atoms with Crippen LogP contribution in [0.2, 0.25) is 0 Å². The molecule has 0 spiro atoms. The molecule has 1 amide bonds. The lowest BCUT2D eigenvalue weighted by Gasteiger charge is -2.27. The van der Waals surface area contributed by atoms with Crippen molar-refractivity contribution < 1.29 is 22.5 Å². The fourth-order valence-electron chi connectivity index (χ4n) is 3.29. The zero-order valence-corrected chi connectivity index (χ0v) is 12.1. The van der Waals surface area contributed by atoms with E-state index >= 15 is 0 Å². The van der Waals surface area contributed by atoms with Crippen LogP contribution in [0.15, 0.2) is 4.52 Å². The van der Waals surface area contributed by atoms with Crippen LogP contribution in [0.5, 0.6) is 0 Å². The number of amides is 1. The van der Waals surface area contributed by atoms with E-state index < -0.39 is 24.7 Å². The largest absolute Gasteiger partial charge is 0.406 e. The maximum absolute atomic E-state index is 12.5. The van der Waals surface area contributed by atoms with E-state index in [1.165, 1.54) is 0 Å². The Morgan fingerprint density at radius 1 is 1.27 bits per heavy atom. The maximum atomic E-state index is 12.5. The van der Waals surface area contributed by atoms with Crippen molar-refractivity contribution in [1.82, 2.24) is 19.9 Å². The van der Waals surface area contributed by atoms with Crippen molar-refractivity contribution in [2.24, 2.45) is 0 Å². The van der Waals surface area contributed by atoms with E-state index in [-0.39, 0.29) is 12.6 Å². The Balaban J connectivity index is 1.72. The molecule has 122 valence electrons. The first-order chi connectivity index (χ1) is 10.3. The Bertz CT molecular complexity index is 560. The quantitative estimate of drug-likeness (QED) is 0.848. The van der Waals surface area contributed by atoms with Crippen LogP contribution in [0.4, 0.5) is 13.2 Å². The Labute approximate surface area is 125 Å². The van der Waals surface area contributed by atoms with Crippen LogP contribution in [0.1, 0.15) is 37.0 Å². The lowest BCUT2D eigenvalue weighted by atomic mass is 10.1. The Kier molecular flexibility index (Phi) is 3.84. The van der Waals surface area contributed by atoms with Crippen LogP contribution >= 0.6 is 0 Å². The first-order valence-electron chi connectivity index (χ1n) is 7.26. The lowest BCUT2D eigenvalue weighted by Crippen LogP contribution is -2.43. The second kappa shape index (κ2) is 5.53. The highest BCUT2D eigenvalue weighted by Gasteiger charge is 2.45. The second-order valence-electron chi connectivity index (χ2n) is 5.75. The molecule has 2 saturated heterocycles. The average molecular weight is 318 g/mol. The van der Waals surface area contributed by atoms with Gasteiger partial charge in [-0.1, -0.05) is 5.16 Å². The summed E-state index contributed by atoms with van der Waals surface area (Å²) in [6.07, 6.45) is -2.31. The van der Waals surface area contributed by atoms with Crippen LogP contribution in [-0.4, -0.2) is 57.7 Å². The topological polar surface area (TPSA) is 62.5 Å². The fraction of sp³-hybridized carbons (Fsp3) is 0.769. The highest BCUT2D eigenvalue weighted by Crippen LogP contribution is 2.35. The van der Waals surface area contributed by atoms with Crippen molar-refractivity contribution in [3.63, 3.8) is 0 Å². The van der Waals surface area contributed by atoms with Gasteiger partial charge < -0.3 is 9.42 Å². The number of nitrogens with zero attached hydrogens (tertiary/aromatic N) is 4. The van der Waals surface area contributed by atoms with Crippen molar-refractivity contribution in [3.05, 3.63) is 11.7 Å². The third kappa shape index (κ3) is 2.94. The van der Waals surface area contributed by atoms with Gasteiger partial charge in [0.15, 0.2) is 5.82 Å². The number of carbonyl (C=O) groups is 1. The molecule has 0 aromatic carbocycles. The molecule has 1 aromatic heterocycles. The summed E-state index contributed by atoms with van der Waals surface area (Å²) in [6.45, 7) is 1.30. The predicted molar refractivity (Wildman–Crippen MR) is 68.8 cm³/mol. The molecule has 22 heavy (non-hydrogen) atoms. The summed E-state index contributed by atoms with van der Waals surface area (Å²) in [5.74, 6) is 0.500. The molecule has 2 aliphatic heterocycles. The van der Waals surface area contributed by atoms with Gasteiger partial charge in [0.1, 0.15) is 6.54 Å². The van der Waals surface area contributed by atoms with Gasteiger partial charge in [-0.3, -0.25) is 9.69 Å². The van der Waals surface area contributed by atoms with Crippen molar-refractivity contribution in [1.29, 1.82) is 0 Å². The SMILES string of the molecule is Cc1nc([C@H]2CCCN2[C@@H]2CCN(CC(F)(F)F)C2=O)no1. The van der Waals surface area contributed by atoms with Gasteiger partial charge >= 0.3 is 6.18 Å². The number of alkyl halides is 3. The number of halogens is 3. The minimum Gasteiger partial charge on any atom is -0.340 e. The number of rotatable bonds is 3. The number of aryl methyl sites for hydroxylation is 1. The highest BCUT2D eigenvalue weighted by atomic mass is 19.4. The molecule has 9 heteroatoms. The third-order valence-electron chi connectivity index (χ3n) is 4.18. The molecular weight excluding hydrogens is 301 g/mol. The molecule has 6 nitrogen and oxygen atoms in total. The minimum atomic E-state index is -4.36. The smallest absolute Gasteiger partial charge is 0.340 e. The summed E-state index contributed by atoms with van der Waals surface area (Å²) in [4.78, 5) is 19.3. The zero-order chi connectivity index (χ0) is 15.9. The van der Waals surface area contributed by atoms with Gasteiger partial charge in [-0.25, -0.2) is 0 Å². The van der Waals surface area contributed by atoms with Crippen molar-refractivity contribution in [3.8, 4) is 0 Å². The molecule has 0 aliphatic carbocycles. The van der Waals surface area contributed by atoms with Crippen LogP contribution in [-0.2, 0) is 4.79 Å². The summed E-state index contributed by atoms with van der Waals surface area (Å²) in [5, 5.41) is 3.89. The normalized spacial score (nSPS) is 27.1. The first kappa shape index (κ1) is 15.3.